The van der Waals surface area contributed by atoms with Gasteiger partial charge in [-0.1, -0.05) is 39.0 Å². The van der Waals surface area contributed by atoms with Gasteiger partial charge in [0.2, 0.25) is 0 Å². The third-order valence-electron chi connectivity index (χ3n) is 4.63. The van der Waals surface area contributed by atoms with E-state index in [2.05, 4.69) is 23.6 Å². The summed E-state index contributed by atoms with van der Waals surface area (Å²) in [5.74, 6) is 0.420. The first kappa shape index (κ1) is 20.1. The van der Waals surface area contributed by atoms with Crippen LogP contribution < -0.4 is 10.2 Å². The molecule has 1 heterocycles. The highest BCUT2D eigenvalue weighted by Gasteiger charge is 2.30. The lowest BCUT2D eigenvalue weighted by Gasteiger charge is -2.30. The van der Waals surface area contributed by atoms with E-state index < -0.39 is 10.0 Å². The van der Waals surface area contributed by atoms with Crippen molar-refractivity contribution in [1.82, 2.24) is 0 Å². The summed E-state index contributed by atoms with van der Waals surface area (Å²) in [4.78, 5) is 14.7. The highest BCUT2D eigenvalue weighted by atomic mass is 32.2. The fourth-order valence-electron chi connectivity index (χ4n) is 3.27. The lowest BCUT2D eigenvalue weighted by atomic mass is 10.1. The van der Waals surface area contributed by atoms with Crippen molar-refractivity contribution in [3.05, 3.63) is 53.6 Å². The van der Waals surface area contributed by atoms with E-state index in [4.69, 9.17) is 0 Å². The summed E-state index contributed by atoms with van der Waals surface area (Å²) in [7, 11) is -3.84. The minimum absolute atomic E-state index is 0.0650. The molecule has 2 aromatic carbocycles. The molecule has 6 nitrogen and oxygen atoms in total. The molecule has 1 amide bonds. The van der Waals surface area contributed by atoms with Gasteiger partial charge in [-0.2, -0.15) is 8.42 Å². The molecule has 0 fully saturated rings. The molecule has 0 saturated carbocycles. The molecule has 0 aromatic heterocycles. The average molecular weight is 400 g/mol. The van der Waals surface area contributed by atoms with Crippen LogP contribution in [0, 0.1) is 5.92 Å². The summed E-state index contributed by atoms with van der Waals surface area (Å²) in [6.07, 6.45) is 0.785. The van der Waals surface area contributed by atoms with Crippen LogP contribution in [-0.4, -0.2) is 26.7 Å². The molecule has 0 aliphatic carbocycles. The largest absolute Gasteiger partial charge is 0.328 e. The van der Waals surface area contributed by atoms with E-state index in [-0.39, 0.29) is 16.4 Å². The topological polar surface area (TPSA) is 78.8 Å². The normalized spacial score (nSPS) is 15.2. The van der Waals surface area contributed by atoms with Crippen LogP contribution in [0.3, 0.4) is 0 Å². The monoisotopic (exact) mass is 399 g/mol. The molecule has 0 radical (unpaired) electrons. The van der Waals surface area contributed by atoms with E-state index in [9.17, 15) is 13.2 Å². The highest BCUT2D eigenvalue weighted by Crippen LogP contribution is 2.33. The molecule has 3 rings (SSSR count). The first-order chi connectivity index (χ1) is 13.2. The second-order valence-electron chi connectivity index (χ2n) is 7.27. The fraction of sp³-hybridized carbons (Fsp3) is 0.333. The maximum Gasteiger partial charge on any atom is 0.286 e. The van der Waals surface area contributed by atoms with E-state index in [1.807, 2.05) is 36.1 Å². The second kappa shape index (κ2) is 7.75. The zero-order valence-electron chi connectivity index (χ0n) is 16.6. The number of benzene rings is 2. The zero-order valence-corrected chi connectivity index (χ0v) is 17.4. The number of amidine groups is 1. The van der Waals surface area contributed by atoms with Crippen LogP contribution in [0.25, 0.3) is 0 Å². The van der Waals surface area contributed by atoms with Gasteiger partial charge in [0.1, 0.15) is 10.7 Å². The molecule has 1 N–H and O–H groups in total. The fourth-order valence-corrected chi connectivity index (χ4v) is 4.54. The number of sulfonamides is 1. The second-order valence-corrected chi connectivity index (χ2v) is 8.84. The summed E-state index contributed by atoms with van der Waals surface area (Å²) >= 11 is 0. The van der Waals surface area contributed by atoms with E-state index >= 15 is 0 Å². The summed E-state index contributed by atoms with van der Waals surface area (Å²) in [5.41, 5.74) is 2.59. The summed E-state index contributed by atoms with van der Waals surface area (Å²) < 4.78 is 29.1. The lowest BCUT2D eigenvalue weighted by molar-refractivity contribution is 0.102. The number of carbonyl (C=O) groups excluding carboxylic acids is 1. The summed E-state index contributed by atoms with van der Waals surface area (Å²) in [6.45, 7) is 8.46. The van der Waals surface area contributed by atoms with Crippen molar-refractivity contribution < 1.29 is 13.2 Å². The van der Waals surface area contributed by atoms with Gasteiger partial charge in [0.05, 0.1) is 5.69 Å². The third kappa shape index (κ3) is 3.94. The maximum absolute atomic E-state index is 12.7. The summed E-state index contributed by atoms with van der Waals surface area (Å²) in [5, 5.41) is 2.88. The molecule has 28 heavy (non-hydrogen) atoms. The van der Waals surface area contributed by atoms with Crippen LogP contribution >= 0.6 is 0 Å². The van der Waals surface area contributed by atoms with Crippen molar-refractivity contribution >= 4 is 33.1 Å². The van der Waals surface area contributed by atoms with Gasteiger partial charge in [0.25, 0.3) is 15.9 Å². The van der Waals surface area contributed by atoms with Crippen LogP contribution in [-0.2, 0) is 16.4 Å². The van der Waals surface area contributed by atoms with Crippen molar-refractivity contribution in [1.29, 1.82) is 0 Å². The van der Waals surface area contributed by atoms with Gasteiger partial charge < -0.3 is 10.2 Å². The minimum Gasteiger partial charge on any atom is -0.328 e. The first-order valence-corrected chi connectivity index (χ1v) is 10.8. The number of anilines is 2. The van der Waals surface area contributed by atoms with E-state index in [0.717, 1.165) is 17.7 Å². The van der Waals surface area contributed by atoms with E-state index in [1.165, 1.54) is 6.07 Å². The number of nitrogens with zero attached hydrogens (tertiary/aromatic N) is 2. The number of hydrogen-bond acceptors (Lipinski definition) is 4. The van der Waals surface area contributed by atoms with Gasteiger partial charge in [0, 0.05) is 17.8 Å². The van der Waals surface area contributed by atoms with Gasteiger partial charge in [-0.3, -0.25) is 4.79 Å². The number of para-hydroxylation sites is 1. The molecule has 7 heteroatoms. The molecule has 1 aliphatic rings. The Labute approximate surface area is 166 Å². The first-order valence-electron chi connectivity index (χ1n) is 9.35. The quantitative estimate of drug-likeness (QED) is 0.821. The van der Waals surface area contributed by atoms with Crippen LogP contribution in [0.4, 0.5) is 11.4 Å². The number of nitrogens with one attached hydrogen (secondary N) is 1. The van der Waals surface area contributed by atoms with Crippen LogP contribution in [0.15, 0.2) is 51.8 Å². The van der Waals surface area contributed by atoms with E-state index in [1.54, 1.807) is 19.1 Å². The highest BCUT2D eigenvalue weighted by molar-refractivity contribution is 7.90. The Morgan fingerprint density at radius 2 is 1.89 bits per heavy atom. The number of hydrogen-bond donors (Lipinski definition) is 1. The Balaban J connectivity index is 1.98. The Morgan fingerprint density at radius 3 is 2.57 bits per heavy atom. The van der Waals surface area contributed by atoms with Crippen molar-refractivity contribution in [3.63, 3.8) is 0 Å². The summed E-state index contributed by atoms with van der Waals surface area (Å²) in [6, 6.07) is 12.3. The van der Waals surface area contributed by atoms with Gasteiger partial charge in [0.15, 0.2) is 0 Å². The average Bonchev–Trinajstić information content (AvgIpc) is 2.64. The van der Waals surface area contributed by atoms with Crippen LogP contribution in [0.2, 0.25) is 0 Å². The smallest absolute Gasteiger partial charge is 0.286 e. The van der Waals surface area contributed by atoms with Gasteiger partial charge in [-0.15, -0.1) is 4.40 Å². The van der Waals surface area contributed by atoms with Gasteiger partial charge in [-0.05, 0) is 49.1 Å². The molecular weight excluding hydrogens is 374 g/mol. The molecule has 0 bridgehead atoms. The van der Waals surface area contributed by atoms with Crippen molar-refractivity contribution in [2.45, 2.75) is 39.0 Å². The third-order valence-corrected chi connectivity index (χ3v) is 6.02. The minimum atomic E-state index is -3.84. The lowest BCUT2D eigenvalue weighted by Crippen LogP contribution is -2.36. The molecule has 2 aromatic rings. The molecule has 148 valence electrons. The Kier molecular flexibility index (Phi) is 5.56. The number of amides is 1. The Bertz CT molecular complexity index is 1040. The van der Waals surface area contributed by atoms with Crippen LogP contribution in [0.5, 0.6) is 0 Å². The maximum atomic E-state index is 12.7. The van der Waals surface area contributed by atoms with Gasteiger partial charge in [-0.25, -0.2) is 0 Å². The molecular formula is C21H25N3O3S. The number of fused-ring (bicyclic) bond motifs is 1. The molecule has 0 saturated heterocycles. The molecule has 1 aliphatic heterocycles. The van der Waals surface area contributed by atoms with Gasteiger partial charge >= 0.3 is 0 Å². The standard InChI is InChI=1S/C21H25N3O3S/c1-5-16-8-6-7-9-18(16)22-21(25)17-10-11-19-20(12-17)28(26,27)23-15(4)24(19)13-14(2)3/h6-12,14H,5,13H2,1-4H3,(H,22,25). The van der Waals surface area contributed by atoms with Crippen molar-refractivity contribution in [2.75, 3.05) is 16.8 Å². The Morgan fingerprint density at radius 1 is 1.18 bits per heavy atom. The number of rotatable bonds is 5. The van der Waals surface area contributed by atoms with Crippen LogP contribution in [0.1, 0.15) is 43.6 Å². The number of carbonyl (C=O) groups is 1. The molecule has 0 atom stereocenters. The Hall–Kier alpha value is -2.67. The van der Waals surface area contributed by atoms with Crippen molar-refractivity contribution in [2.24, 2.45) is 10.3 Å². The number of aryl methyl sites for hydroxylation is 1. The zero-order chi connectivity index (χ0) is 20.5. The van der Waals surface area contributed by atoms with E-state index in [0.29, 0.717) is 24.0 Å². The molecule has 0 spiro atoms. The predicted octanol–water partition coefficient (Wildman–Crippen LogP) is 4.08. The SMILES string of the molecule is CCc1ccccc1NC(=O)c1ccc2c(c1)S(=O)(=O)N=C(C)N2CC(C)C. The van der Waals surface area contributed by atoms with Crippen molar-refractivity contribution in [3.8, 4) is 0 Å². The molecule has 0 unspecified atom stereocenters. The predicted molar refractivity (Wildman–Crippen MR) is 113 cm³/mol.